The second-order valence-electron chi connectivity index (χ2n) is 5.61. The maximum absolute atomic E-state index is 11.5. The number of carboxylic acid groups (broad SMARTS) is 1. The van der Waals surface area contributed by atoms with Crippen molar-refractivity contribution < 1.29 is 9.90 Å². The highest BCUT2D eigenvalue weighted by atomic mass is 32.1. The summed E-state index contributed by atoms with van der Waals surface area (Å²) in [5.74, 6) is -0.134. The third kappa shape index (κ3) is 3.79. The Bertz CT molecular complexity index is 447. The molecule has 0 amide bonds. The molecule has 2 rings (SSSR count). The summed E-state index contributed by atoms with van der Waals surface area (Å²) in [6.45, 7) is 5.84. The number of aryl methyl sites for hydroxylation is 1. The maximum Gasteiger partial charge on any atom is 0.320 e. The maximum atomic E-state index is 11.5. The Hall–Kier alpha value is -0.940. The van der Waals surface area contributed by atoms with E-state index in [0.29, 0.717) is 12.5 Å². The van der Waals surface area contributed by atoms with E-state index in [1.54, 1.807) is 11.3 Å². The number of likely N-dealkylation sites (tertiary alicyclic amines) is 1. The van der Waals surface area contributed by atoms with Crippen molar-refractivity contribution in [1.29, 1.82) is 0 Å². The van der Waals surface area contributed by atoms with Crippen molar-refractivity contribution in [1.82, 2.24) is 9.88 Å². The molecule has 0 aliphatic carbocycles. The van der Waals surface area contributed by atoms with Crippen LogP contribution in [0, 0.1) is 5.92 Å². The lowest BCUT2D eigenvalue weighted by Crippen LogP contribution is -2.46. The summed E-state index contributed by atoms with van der Waals surface area (Å²) < 4.78 is 0. The molecule has 5 heteroatoms. The van der Waals surface area contributed by atoms with Crippen LogP contribution in [0.4, 0.5) is 0 Å². The molecule has 1 aromatic heterocycles. The molecule has 20 heavy (non-hydrogen) atoms. The van der Waals surface area contributed by atoms with Crippen molar-refractivity contribution in [3.05, 3.63) is 16.1 Å². The molecule has 0 bridgehead atoms. The smallest absolute Gasteiger partial charge is 0.320 e. The summed E-state index contributed by atoms with van der Waals surface area (Å²) in [7, 11) is 0. The van der Waals surface area contributed by atoms with Gasteiger partial charge in [-0.05, 0) is 38.1 Å². The number of rotatable bonds is 6. The predicted molar refractivity (Wildman–Crippen MR) is 81.0 cm³/mol. The predicted octanol–water partition coefficient (Wildman–Crippen LogP) is 3.17. The van der Waals surface area contributed by atoms with Crippen LogP contribution in [0.2, 0.25) is 0 Å². The SMILES string of the molecule is CCCc1nc(CN2CCC(CC)CC2C(=O)O)cs1. The Morgan fingerprint density at radius 3 is 3.00 bits per heavy atom. The molecule has 1 aromatic rings. The Morgan fingerprint density at radius 1 is 1.55 bits per heavy atom. The zero-order valence-electron chi connectivity index (χ0n) is 12.3. The van der Waals surface area contributed by atoms with Gasteiger partial charge in [0.05, 0.1) is 10.7 Å². The van der Waals surface area contributed by atoms with Gasteiger partial charge in [-0.2, -0.15) is 0 Å². The number of carboxylic acids is 1. The van der Waals surface area contributed by atoms with E-state index in [1.165, 1.54) is 0 Å². The summed E-state index contributed by atoms with van der Waals surface area (Å²) in [5, 5.41) is 12.7. The molecule has 2 heterocycles. The summed E-state index contributed by atoms with van der Waals surface area (Å²) >= 11 is 1.69. The van der Waals surface area contributed by atoms with Crippen LogP contribution in [0.25, 0.3) is 0 Å². The zero-order valence-corrected chi connectivity index (χ0v) is 13.2. The van der Waals surface area contributed by atoms with Gasteiger partial charge < -0.3 is 5.11 Å². The quantitative estimate of drug-likeness (QED) is 0.876. The van der Waals surface area contributed by atoms with Gasteiger partial charge in [0.1, 0.15) is 6.04 Å². The van der Waals surface area contributed by atoms with Crippen molar-refractivity contribution >= 4 is 17.3 Å². The molecule has 0 saturated carbocycles. The summed E-state index contributed by atoms with van der Waals surface area (Å²) in [6, 6.07) is -0.343. The topological polar surface area (TPSA) is 53.4 Å². The fourth-order valence-corrected chi connectivity index (χ4v) is 3.75. The van der Waals surface area contributed by atoms with E-state index in [2.05, 4.69) is 29.1 Å². The monoisotopic (exact) mass is 296 g/mol. The molecule has 0 spiro atoms. The molecule has 2 unspecified atom stereocenters. The third-order valence-electron chi connectivity index (χ3n) is 4.11. The minimum Gasteiger partial charge on any atom is -0.480 e. The van der Waals surface area contributed by atoms with Crippen LogP contribution < -0.4 is 0 Å². The second kappa shape index (κ2) is 7.18. The average Bonchev–Trinajstić information content (AvgIpc) is 2.87. The van der Waals surface area contributed by atoms with E-state index >= 15 is 0 Å². The fourth-order valence-electron chi connectivity index (χ4n) is 2.86. The molecule has 0 aromatic carbocycles. The minimum absolute atomic E-state index is 0.343. The van der Waals surface area contributed by atoms with Crippen LogP contribution in [-0.4, -0.2) is 33.5 Å². The molecule has 1 aliphatic rings. The molecule has 0 radical (unpaired) electrons. The Kier molecular flexibility index (Phi) is 5.54. The molecular formula is C15H24N2O2S. The van der Waals surface area contributed by atoms with E-state index in [-0.39, 0.29) is 6.04 Å². The molecule has 1 saturated heterocycles. The third-order valence-corrected chi connectivity index (χ3v) is 5.07. The first-order valence-electron chi connectivity index (χ1n) is 7.54. The van der Waals surface area contributed by atoms with Gasteiger partial charge in [0.25, 0.3) is 0 Å². The first-order valence-corrected chi connectivity index (χ1v) is 8.42. The minimum atomic E-state index is -0.688. The Balaban J connectivity index is 2.00. The van der Waals surface area contributed by atoms with Gasteiger partial charge in [0.15, 0.2) is 0 Å². The first-order chi connectivity index (χ1) is 9.63. The Morgan fingerprint density at radius 2 is 2.35 bits per heavy atom. The molecule has 1 aliphatic heterocycles. The molecule has 4 nitrogen and oxygen atoms in total. The lowest BCUT2D eigenvalue weighted by Gasteiger charge is -2.36. The molecule has 1 fully saturated rings. The highest BCUT2D eigenvalue weighted by molar-refractivity contribution is 7.09. The number of hydrogen-bond acceptors (Lipinski definition) is 4. The molecule has 112 valence electrons. The van der Waals surface area contributed by atoms with Crippen LogP contribution in [0.3, 0.4) is 0 Å². The highest BCUT2D eigenvalue weighted by Crippen LogP contribution is 2.27. The number of piperidine rings is 1. The van der Waals surface area contributed by atoms with Gasteiger partial charge in [-0.15, -0.1) is 11.3 Å². The highest BCUT2D eigenvalue weighted by Gasteiger charge is 2.32. The van der Waals surface area contributed by atoms with Gasteiger partial charge in [-0.25, -0.2) is 4.98 Å². The van der Waals surface area contributed by atoms with Crippen molar-refractivity contribution in [2.45, 2.75) is 58.5 Å². The molecule has 1 N–H and O–H groups in total. The Labute approximate surface area is 124 Å². The van der Waals surface area contributed by atoms with E-state index in [4.69, 9.17) is 0 Å². The van der Waals surface area contributed by atoms with Crippen LogP contribution in [0.5, 0.6) is 0 Å². The molecule has 2 atom stereocenters. The number of aliphatic carboxylic acids is 1. The normalized spacial score (nSPS) is 23.9. The van der Waals surface area contributed by atoms with Gasteiger partial charge in [0, 0.05) is 11.9 Å². The summed E-state index contributed by atoms with van der Waals surface area (Å²) in [5.41, 5.74) is 1.03. The van der Waals surface area contributed by atoms with Crippen LogP contribution in [-0.2, 0) is 17.8 Å². The number of nitrogens with zero attached hydrogens (tertiary/aromatic N) is 2. The number of hydrogen-bond donors (Lipinski definition) is 1. The second-order valence-corrected chi connectivity index (χ2v) is 6.55. The van der Waals surface area contributed by atoms with Gasteiger partial charge >= 0.3 is 5.97 Å². The number of thiazole rings is 1. The fraction of sp³-hybridized carbons (Fsp3) is 0.733. The van der Waals surface area contributed by atoms with Crippen LogP contribution >= 0.6 is 11.3 Å². The average molecular weight is 296 g/mol. The van der Waals surface area contributed by atoms with Crippen LogP contribution in [0.1, 0.15) is 50.2 Å². The standard InChI is InChI=1S/C15H24N2O2S/c1-3-5-14-16-12(10-20-14)9-17-7-6-11(4-2)8-13(17)15(18)19/h10-11,13H,3-9H2,1-2H3,(H,18,19). The van der Waals surface area contributed by atoms with E-state index in [9.17, 15) is 9.90 Å². The van der Waals surface area contributed by atoms with E-state index < -0.39 is 5.97 Å². The van der Waals surface area contributed by atoms with E-state index in [0.717, 1.165) is 49.4 Å². The van der Waals surface area contributed by atoms with Crippen LogP contribution in [0.15, 0.2) is 5.38 Å². The van der Waals surface area contributed by atoms with Gasteiger partial charge in [-0.1, -0.05) is 20.3 Å². The van der Waals surface area contributed by atoms with Crippen molar-refractivity contribution in [3.63, 3.8) is 0 Å². The van der Waals surface area contributed by atoms with Gasteiger partial charge in [0.2, 0.25) is 0 Å². The van der Waals surface area contributed by atoms with Gasteiger partial charge in [-0.3, -0.25) is 9.69 Å². The van der Waals surface area contributed by atoms with Crippen molar-refractivity contribution in [3.8, 4) is 0 Å². The number of carbonyl (C=O) groups is 1. The van der Waals surface area contributed by atoms with E-state index in [1.807, 2.05) is 0 Å². The van der Waals surface area contributed by atoms with Crippen molar-refractivity contribution in [2.24, 2.45) is 5.92 Å². The van der Waals surface area contributed by atoms with Crippen molar-refractivity contribution in [2.75, 3.05) is 6.54 Å². The molecular weight excluding hydrogens is 272 g/mol. The first kappa shape index (κ1) is 15.4. The summed E-state index contributed by atoms with van der Waals surface area (Å²) in [6.07, 6.45) is 5.08. The lowest BCUT2D eigenvalue weighted by atomic mass is 9.89. The largest absolute Gasteiger partial charge is 0.480 e. The lowest BCUT2D eigenvalue weighted by molar-refractivity contribution is -0.145. The number of aromatic nitrogens is 1. The zero-order chi connectivity index (χ0) is 14.5. The summed E-state index contributed by atoms with van der Waals surface area (Å²) in [4.78, 5) is 18.2.